The van der Waals surface area contributed by atoms with Crippen molar-refractivity contribution in [2.75, 3.05) is 12.4 Å². The molecule has 4 atom stereocenters. The van der Waals surface area contributed by atoms with Gasteiger partial charge in [0.25, 0.3) is 0 Å². The summed E-state index contributed by atoms with van der Waals surface area (Å²) in [6.07, 6.45) is 0.0764. The van der Waals surface area contributed by atoms with E-state index in [0.717, 1.165) is 5.56 Å². The third kappa shape index (κ3) is 8.10. The molecule has 0 aromatic heterocycles. The number of hydrogen-bond donors (Lipinski definition) is 7. The van der Waals surface area contributed by atoms with Gasteiger partial charge >= 0.3 is 5.97 Å². The van der Waals surface area contributed by atoms with Crippen LogP contribution in [0.3, 0.4) is 0 Å². The molecule has 4 unspecified atom stereocenters. The Morgan fingerprint density at radius 1 is 1.00 bits per heavy atom. The van der Waals surface area contributed by atoms with Crippen LogP contribution in [0.1, 0.15) is 12.5 Å². The minimum absolute atomic E-state index is 0.0764. The van der Waals surface area contributed by atoms with E-state index in [1.807, 2.05) is 0 Å². The number of carbonyl (C=O) groups is 4. The van der Waals surface area contributed by atoms with E-state index in [-0.39, 0.29) is 12.2 Å². The van der Waals surface area contributed by atoms with E-state index in [1.165, 1.54) is 6.92 Å². The Bertz CT molecular complexity index is 718. The summed E-state index contributed by atoms with van der Waals surface area (Å²) >= 11 is 3.92. The van der Waals surface area contributed by atoms with Gasteiger partial charge in [0, 0.05) is 12.2 Å². The molecule has 160 valence electrons. The second-order valence-electron chi connectivity index (χ2n) is 6.35. The molecule has 0 aliphatic carbocycles. The number of amides is 3. The van der Waals surface area contributed by atoms with Crippen LogP contribution in [0.15, 0.2) is 30.3 Å². The van der Waals surface area contributed by atoms with Gasteiger partial charge in [0.2, 0.25) is 17.7 Å². The molecule has 0 aliphatic rings. The number of nitrogens with one attached hydrogen (secondary N) is 3. The third-order valence-electron chi connectivity index (χ3n) is 4.00. The number of carboxylic acids is 1. The second-order valence-corrected chi connectivity index (χ2v) is 6.72. The zero-order valence-electron chi connectivity index (χ0n) is 15.9. The zero-order chi connectivity index (χ0) is 22.0. The lowest BCUT2D eigenvalue weighted by Crippen LogP contribution is -2.57. The van der Waals surface area contributed by atoms with Gasteiger partial charge in [-0.05, 0) is 12.5 Å². The van der Waals surface area contributed by atoms with Crippen LogP contribution in [-0.4, -0.2) is 70.4 Å². The first kappa shape index (κ1) is 24.4. The molecule has 0 aliphatic heterocycles. The number of rotatable bonds is 11. The molecule has 7 N–H and O–H groups in total. The SMILES string of the molecule is CC(NC(=O)C(N)CS)C(=O)NC(Cc1ccccc1)C(=O)NC(CO)C(=O)O. The summed E-state index contributed by atoms with van der Waals surface area (Å²) in [5.41, 5.74) is 6.27. The number of aliphatic hydroxyl groups excluding tert-OH is 1. The van der Waals surface area contributed by atoms with Crippen LogP contribution >= 0.6 is 12.6 Å². The number of thiol groups is 1. The molecule has 0 fully saturated rings. The molecular weight excluding hydrogens is 400 g/mol. The van der Waals surface area contributed by atoms with E-state index >= 15 is 0 Å². The summed E-state index contributed by atoms with van der Waals surface area (Å²) < 4.78 is 0. The topological polar surface area (TPSA) is 171 Å². The van der Waals surface area contributed by atoms with E-state index in [9.17, 15) is 19.2 Å². The van der Waals surface area contributed by atoms with Crippen LogP contribution in [0.5, 0.6) is 0 Å². The summed E-state index contributed by atoms with van der Waals surface area (Å²) in [6, 6.07) is 4.24. The lowest BCUT2D eigenvalue weighted by atomic mass is 10.0. The smallest absolute Gasteiger partial charge is 0.328 e. The number of carboxylic acid groups (broad SMARTS) is 1. The number of hydrogen-bond acceptors (Lipinski definition) is 7. The van der Waals surface area contributed by atoms with Crippen LogP contribution in [0, 0.1) is 0 Å². The fourth-order valence-corrected chi connectivity index (χ4v) is 2.45. The highest BCUT2D eigenvalue weighted by atomic mass is 32.1. The zero-order valence-corrected chi connectivity index (χ0v) is 16.8. The predicted molar refractivity (Wildman–Crippen MR) is 108 cm³/mol. The van der Waals surface area contributed by atoms with Crippen molar-refractivity contribution in [1.29, 1.82) is 0 Å². The monoisotopic (exact) mass is 426 g/mol. The molecule has 1 aromatic rings. The van der Waals surface area contributed by atoms with Crippen molar-refractivity contribution in [3.63, 3.8) is 0 Å². The minimum Gasteiger partial charge on any atom is -0.480 e. The Labute approximate surface area is 173 Å². The fourth-order valence-electron chi connectivity index (χ4n) is 2.28. The number of carbonyl (C=O) groups excluding carboxylic acids is 3. The predicted octanol–water partition coefficient (Wildman–Crippen LogP) is -1.96. The number of benzene rings is 1. The van der Waals surface area contributed by atoms with Crippen molar-refractivity contribution < 1.29 is 29.4 Å². The number of nitrogens with two attached hydrogens (primary N) is 1. The quantitative estimate of drug-likeness (QED) is 0.201. The van der Waals surface area contributed by atoms with E-state index in [0.29, 0.717) is 0 Å². The standard InChI is InChI=1S/C18H26N4O6S/c1-10(20-16(25)12(19)9-29)15(24)21-13(7-11-5-3-2-4-6-11)17(26)22-14(8-23)18(27)28/h2-6,10,12-14,23,29H,7-9,19H2,1H3,(H,20,25)(H,21,24)(H,22,26)(H,27,28). The number of aliphatic hydroxyl groups is 1. The van der Waals surface area contributed by atoms with Crippen molar-refractivity contribution in [2.45, 2.75) is 37.5 Å². The molecule has 0 bridgehead atoms. The molecule has 10 nitrogen and oxygen atoms in total. The van der Waals surface area contributed by atoms with Gasteiger partial charge in [-0.1, -0.05) is 30.3 Å². The Balaban J connectivity index is 2.89. The van der Waals surface area contributed by atoms with Gasteiger partial charge < -0.3 is 31.9 Å². The van der Waals surface area contributed by atoms with Gasteiger partial charge in [-0.25, -0.2) is 4.79 Å². The van der Waals surface area contributed by atoms with Gasteiger partial charge in [0.05, 0.1) is 12.6 Å². The molecule has 0 saturated heterocycles. The Morgan fingerprint density at radius 3 is 2.10 bits per heavy atom. The van der Waals surface area contributed by atoms with E-state index in [1.54, 1.807) is 30.3 Å². The van der Waals surface area contributed by atoms with Gasteiger partial charge in [-0.2, -0.15) is 12.6 Å². The van der Waals surface area contributed by atoms with E-state index < -0.39 is 54.5 Å². The van der Waals surface area contributed by atoms with Crippen LogP contribution in [0.4, 0.5) is 0 Å². The van der Waals surface area contributed by atoms with Crippen molar-refractivity contribution in [1.82, 2.24) is 16.0 Å². The molecular formula is C18H26N4O6S. The normalized spacial score (nSPS) is 14.8. The van der Waals surface area contributed by atoms with Crippen molar-refractivity contribution in [2.24, 2.45) is 5.73 Å². The molecule has 3 amide bonds. The lowest BCUT2D eigenvalue weighted by molar-refractivity contribution is -0.143. The molecule has 1 rings (SSSR count). The maximum absolute atomic E-state index is 12.5. The molecule has 29 heavy (non-hydrogen) atoms. The van der Waals surface area contributed by atoms with E-state index in [4.69, 9.17) is 15.9 Å². The van der Waals surface area contributed by atoms with E-state index in [2.05, 4.69) is 28.6 Å². The summed E-state index contributed by atoms with van der Waals surface area (Å²) in [5.74, 6) is -3.33. The highest BCUT2D eigenvalue weighted by molar-refractivity contribution is 7.80. The molecule has 0 heterocycles. The first-order chi connectivity index (χ1) is 13.7. The summed E-state index contributed by atoms with van der Waals surface area (Å²) in [6.45, 7) is 0.616. The number of aliphatic carboxylic acids is 1. The average molecular weight is 426 g/mol. The Hall–Kier alpha value is -2.63. The highest BCUT2D eigenvalue weighted by Gasteiger charge is 2.28. The molecule has 1 aromatic carbocycles. The van der Waals surface area contributed by atoms with Gasteiger partial charge in [-0.3, -0.25) is 14.4 Å². The van der Waals surface area contributed by atoms with Crippen LogP contribution in [0.25, 0.3) is 0 Å². The Morgan fingerprint density at radius 2 is 1.59 bits per heavy atom. The summed E-state index contributed by atoms with van der Waals surface area (Å²) in [4.78, 5) is 47.9. The maximum Gasteiger partial charge on any atom is 0.328 e. The largest absolute Gasteiger partial charge is 0.480 e. The van der Waals surface area contributed by atoms with Gasteiger partial charge in [0.1, 0.15) is 18.1 Å². The van der Waals surface area contributed by atoms with Crippen molar-refractivity contribution in [3.05, 3.63) is 35.9 Å². The maximum atomic E-state index is 12.5. The molecule has 0 saturated carbocycles. The minimum atomic E-state index is -1.51. The third-order valence-corrected chi connectivity index (χ3v) is 4.39. The van der Waals surface area contributed by atoms with Gasteiger partial charge in [0.15, 0.2) is 0 Å². The highest BCUT2D eigenvalue weighted by Crippen LogP contribution is 2.05. The fraction of sp³-hybridized carbons (Fsp3) is 0.444. The molecule has 11 heteroatoms. The van der Waals surface area contributed by atoms with Crippen LogP contribution < -0.4 is 21.7 Å². The van der Waals surface area contributed by atoms with Gasteiger partial charge in [-0.15, -0.1) is 0 Å². The van der Waals surface area contributed by atoms with Crippen molar-refractivity contribution in [3.8, 4) is 0 Å². The lowest BCUT2D eigenvalue weighted by Gasteiger charge is -2.23. The summed E-state index contributed by atoms with van der Waals surface area (Å²) in [5, 5.41) is 25.2. The first-order valence-electron chi connectivity index (χ1n) is 8.84. The molecule has 0 spiro atoms. The van der Waals surface area contributed by atoms with Crippen LogP contribution in [0.2, 0.25) is 0 Å². The van der Waals surface area contributed by atoms with Crippen LogP contribution in [-0.2, 0) is 25.6 Å². The summed E-state index contributed by atoms with van der Waals surface area (Å²) in [7, 11) is 0. The Kier molecular flexibility index (Phi) is 10.1. The van der Waals surface area contributed by atoms with Crippen molar-refractivity contribution >= 4 is 36.3 Å². The second kappa shape index (κ2) is 12.0. The first-order valence-corrected chi connectivity index (χ1v) is 9.48. The average Bonchev–Trinajstić information content (AvgIpc) is 2.70. The molecule has 0 radical (unpaired) electrons.